The van der Waals surface area contributed by atoms with E-state index in [2.05, 4.69) is 16.4 Å². The van der Waals surface area contributed by atoms with Crippen LogP contribution >= 0.6 is 11.3 Å². The van der Waals surface area contributed by atoms with Gasteiger partial charge in [0.05, 0.1) is 14.2 Å². The number of para-hydroxylation sites is 1. The second-order valence-corrected chi connectivity index (χ2v) is 7.28. The number of hydrogen-bond donors (Lipinski definition) is 1. The van der Waals surface area contributed by atoms with Crippen LogP contribution in [0.4, 0.5) is 16.5 Å². The Balaban J connectivity index is 1.53. The van der Waals surface area contributed by atoms with Crippen LogP contribution in [0.1, 0.15) is 22.5 Å². The van der Waals surface area contributed by atoms with Gasteiger partial charge in [-0.3, -0.25) is 4.79 Å². The number of amides is 1. The van der Waals surface area contributed by atoms with Crippen molar-refractivity contribution in [2.75, 3.05) is 31.0 Å². The maximum atomic E-state index is 13.0. The molecule has 1 aliphatic rings. The number of aryl methyl sites for hydroxylation is 1. The van der Waals surface area contributed by atoms with E-state index in [4.69, 9.17) is 9.47 Å². The number of carbonyl (C=O) groups excluding carboxylic acids is 1. The Kier molecular flexibility index (Phi) is 5.16. The molecule has 6 nitrogen and oxygen atoms in total. The van der Waals surface area contributed by atoms with Crippen LogP contribution in [0.25, 0.3) is 0 Å². The minimum Gasteiger partial charge on any atom is -0.493 e. The number of fused-ring (bicyclic) bond motifs is 1. The van der Waals surface area contributed by atoms with Crippen LogP contribution in [0.3, 0.4) is 0 Å². The fraction of sp³-hybridized carbons (Fsp3) is 0.238. The summed E-state index contributed by atoms with van der Waals surface area (Å²) < 4.78 is 10.6. The summed E-state index contributed by atoms with van der Waals surface area (Å²) in [5, 5.41) is 5.68. The summed E-state index contributed by atoms with van der Waals surface area (Å²) in [6.45, 7) is 0.714. The summed E-state index contributed by atoms with van der Waals surface area (Å²) in [4.78, 5) is 19.3. The first-order chi connectivity index (χ1) is 13.7. The van der Waals surface area contributed by atoms with Crippen LogP contribution in [-0.2, 0) is 6.42 Å². The minimum absolute atomic E-state index is 0.0660. The quantitative estimate of drug-likeness (QED) is 0.689. The van der Waals surface area contributed by atoms with Crippen molar-refractivity contribution in [1.29, 1.82) is 0 Å². The van der Waals surface area contributed by atoms with Crippen LogP contribution in [0.5, 0.6) is 11.5 Å². The number of thiazole rings is 1. The summed E-state index contributed by atoms with van der Waals surface area (Å²) in [6, 6.07) is 13.6. The van der Waals surface area contributed by atoms with Crippen LogP contribution < -0.4 is 19.7 Å². The van der Waals surface area contributed by atoms with E-state index in [9.17, 15) is 4.79 Å². The normalized spacial score (nSPS) is 13.0. The van der Waals surface area contributed by atoms with Gasteiger partial charge in [-0.15, -0.1) is 11.3 Å². The molecule has 144 valence electrons. The van der Waals surface area contributed by atoms with Crippen LogP contribution in [0.2, 0.25) is 0 Å². The third-order valence-electron chi connectivity index (χ3n) is 4.71. The molecule has 0 aliphatic carbocycles. The monoisotopic (exact) mass is 395 g/mol. The number of ether oxygens (including phenoxy) is 2. The van der Waals surface area contributed by atoms with E-state index >= 15 is 0 Å². The van der Waals surface area contributed by atoms with Gasteiger partial charge in [0.2, 0.25) is 0 Å². The highest BCUT2D eigenvalue weighted by molar-refractivity contribution is 7.14. The lowest BCUT2D eigenvalue weighted by Crippen LogP contribution is -2.35. The van der Waals surface area contributed by atoms with Crippen molar-refractivity contribution in [3.63, 3.8) is 0 Å². The van der Waals surface area contributed by atoms with E-state index in [1.807, 2.05) is 41.3 Å². The van der Waals surface area contributed by atoms with E-state index in [1.165, 1.54) is 16.9 Å². The van der Waals surface area contributed by atoms with E-state index in [-0.39, 0.29) is 5.91 Å². The van der Waals surface area contributed by atoms with Crippen LogP contribution in [-0.4, -0.2) is 31.7 Å². The lowest BCUT2D eigenvalue weighted by atomic mass is 10.0. The predicted octanol–water partition coefficient (Wildman–Crippen LogP) is 4.50. The molecule has 0 bridgehead atoms. The van der Waals surface area contributed by atoms with Gasteiger partial charge in [0.15, 0.2) is 16.6 Å². The highest BCUT2D eigenvalue weighted by Gasteiger charge is 2.25. The topological polar surface area (TPSA) is 63.7 Å². The zero-order valence-corrected chi connectivity index (χ0v) is 16.6. The molecular weight excluding hydrogens is 374 g/mol. The molecule has 0 spiro atoms. The van der Waals surface area contributed by atoms with E-state index in [0.29, 0.717) is 28.9 Å². The maximum Gasteiger partial charge on any atom is 0.277 e. The molecule has 3 aromatic rings. The average Bonchev–Trinajstić information content (AvgIpc) is 3.21. The van der Waals surface area contributed by atoms with Gasteiger partial charge in [0.25, 0.3) is 5.91 Å². The second-order valence-electron chi connectivity index (χ2n) is 6.42. The largest absolute Gasteiger partial charge is 0.493 e. The third kappa shape index (κ3) is 3.53. The van der Waals surface area contributed by atoms with Crippen molar-refractivity contribution in [2.45, 2.75) is 12.8 Å². The van der Waals surface area contributed by atoms with Gasteiger partial charge in [-0.25, -0.2) is 4.98 Å². The SMILES string of the molecule is COc1ccc(Nc2nc(C(=O)N3CCCc4ccccc43)cs2)cc1OC. The molecule has 0 atom stereocenters. The molecule has 1 N–H and O–H groups in total. The molecule has 1 aliphatic heterocycles. The second kappa shape index (κ2) is 7.90. The molecule has 0 radical (unpaired) electrons. The smallest absolute Gasteiger partial charge is 0.277 e. The molecular formula is C21H21N3O3S. The molecule has 7 heteroatoms. The summed E-state index contributed by atoms with van der Waals surface area (Å²) in [5.74, 6) is 1.22. The van der Waals surface area contributed by atoms with Gasteiger partial charge < -0.3 is 19.7 Å². The first-order valence-corrected chi connectivity index (χ1v) is 9.92. The highest BCUT2D eigenvalue weighted by atomic mass is 32.1. The fourth-order valence-electron chi connectivity index (χ4n) is 3.35. The molecule has 2 heterocycles. The van der Waals surface area contributed by atoms with Gasteiger partial charge >= 0.3 is 0 Å². The fourth-order valence-corrected chi connectivity index (χ4v) is 4.05. The first-order valence-electron chi connectivity index (χ1n) is 9.04. The Morgan fingerprint density at radius 2 is 1.96 bits per heavy atom. The average molecular weight is 395 g/mol. The lowest BCUT2D eigenvalue weighted by Gasteiger charge is -2.28. The lowest BCUT2D eigenvalue weighted by molar-refractivity contribution is 0.0981. The minimum atomic E-state index is -0.0660. The van der Waals surface area contributed by atoms with Crippen molar-refractivity contribution < 1.29 is 14.3 Å². The zero-order valence-electron chi connectivity index (χ0n) is 15.8. The number of nitrogens with zero attached hydrogens (tertiary/aromatic N) is 2. The van der Waals surface area contributed by atoms with Crippen LogP contribution in [0.15, 0.2) is 47.8 Å². The molecule has 0 saturated heterocycles. The maximum absolute atomic E-state index is 13.0. The number of benzene rings is 2. The van der Waals surface area contributed by atoms with E-state index in [1.54, 1.807) is 19.6 Å². The number of aromatic nitrogens is 1. The van der Waals surface area contributed by atoms with E-state index in [0.717, 1.165) is 24.2 Å². The number of carbonyl (C=O) groups is 1. The zero-order chi connectivity index (χ0) is 19.5. The highest BCUT2D eigenvalue weighted by Crippen LogP contribution is 2.32. The van der Waals surface area contributed by atoms with Crippen molar-refractivity contribution in [1.82, 2.24) is 4.98 Å². The molecule has 28 heavy (non-hydrogen) atoms. The number of nitrogens with one attached hydrogen (secondary N) is 1. The Labute approximate surface area is 167 Å². The summed E-state index contributed by atoms with van der Waals surface area (Å²) in [7, 11) is 3.20. The van der Waals surface area contributed by atoms with Crippen molar-refractivity contribution in [2.24, 2.45) is 0 Å². The number of anilines is 3. The molecule has 1 amide bonds. The molecule has 4 rings (SSSR count). The standard InChI is InChI=1S/C21H21N3O3S/c1-26-18-10-9-15(12-19(18)27-2)22-21-23-16(13-28-21)20(25)24-11-5-7-14-6-3-4-8-17(14)24/h3-4,6,8-10,12-13H,5,7,11H2,1-2H3,(H,22,23). The van der Waals surface area contributed by atoms with Crippen molar-refractivity contribution in [3.05, 3.63) is 59.1 Å². The van der Waals surface area contributed by atoms with Gasteiger partial charge in [0.1, 0.15) is 5.69 Å². The molecule has 2 aromatic carbocycles. The first kappa shape index (κ1) is 18.3. The Bertz CT molecular complexity index is 1000. The molecule has 0 saturated carbocycles. The summed E-state index contributed by atoms with van der Waals surface area (Å²) in [6.07, 6.45) is 1.97. The van der Waals surface area contributed by atoms with Crippen molar-refractivity contribution in [3.8, 4) is 11.5 Å². The Morgan fingerprint density at radius 1 is 1.14 bits per heavy atom. The third-order valence-corrected chi connectivity index (χ3v) is 5.47. The van der Waals surface area contributed by atoms with Crippen molar-refractivity contribution >= 4 is 33.8 Å². The summed E-state index contributed by atoms with van der Waals surface area (Å²) >= 11 is 1.40. The van der Waals surface area contributed by atoms with Gasteiger partial charge in [0, 0.05) is 29.4 Å². The van der Waals surface area contributed by atoms with Gasteiger partial charge in [-0.2, -0.15) is 0 Å². The molecule has 0 unspecified atom stereocenters. The molecule has 0 fully saturated rings. The van der Waals surface area contributed by atoms with Gasteiger partial charge in [-0.1, -0.05) is 18.2 Å². The number of hydrogen-bond acceptors (Lipinski definition) is 6. The number of methoxy groups -OCH3 is 2. The molecule has 1 aromatic heterocycles. The number of rotatable bonds is 5. The predicted molar refractivity (Wildman–Crippen MR) is 111 cm³/mol. The van der Waals surface area contributed by atoms with E-state index < -0.39 is 0 Å². The summed E-state index contributed by atoms with van der Waals surface area (Å²) in [5.41, 5.74) is 3.46. The van der Waals surface area contributed by atoms with Gasteiger partial charge in [-0.05, 0) is 36.6 Å². The Morgan fingerprint density at radius 3 is 2.79 bits per heavy atom. The van der Waals surface area contributed by atoms with Crippen LogP contribution in [0, 0.1) is 0 Å². The Hall–Kier alpha value is -3.06.